The summed E-state index contributed by atoms with van der Waals surface area (Å²) in [5.41, 5.74) is 0.393. The van der Waals surface area contributed by atoms with Gasteiger partial charge in [-0.05, 0) is 42.5 Å². The van der Waals surface area contributed by atoms with Gasteiger partial charge in [-0.3, -0.25) is 4.79 Å². The van der Waals surface area contributed by atoms with Gasteiger partial charge in [0.15, 0.2) is 0 Å². The molecule has 2 aromatic carbocycles. The molecule has 0 atom stereocenters. The van der Waals surface area contributed by atoms with Gasteiger partial charge < -0.3 is 5.32 Å². The van der Waals surface area contributed by atoms with Crippen LogP contribution >= 0.6 is 0 Å². The number of nitrogens with zero attached hydrogens (tertiary/aromatic N) is 3. The third-order valence-corrected chi connectivity index (χ3v) is 6.76. The molecule has 0 aliphatic heterocycles. The van der Waals surface area contributed by atoms with Crippen LogP contribution in [0.2, 0.25) is 0 Å². The summed E-state index contributed by atoms with van der Waals surface area (Å²) in [6.45, 7) is 1.06. The van der Waals surface area contributed by atoms with Gasteiger partial charge in [-0.1, -0.05) is 19.1 Å². The van der Waals surface area contributed by atoms with Crippen molar-refractivity contribution in [2.45, 2.75) is 24.5 Å². The molecule has 1 amide bonds. The lowest BCUT2D eigenvalue weighted by Crippen LogP contribution is -2.40. The SMILES string of the molecule is CCN(CC(=O)NCc1cc(-c2ccc(C(F)(F)F)cc2)ncn1)S(=O)(=O)c1ccc(F)cc1. The Morgan fingerprint density at radius 3 is 2.26 bits per heavy atom. The average Bonchev–Trinajstić information content (AvgIpc) is 2.81. The van der Waals surface area contributed by atoms with E-state index in [1.807, 2.05) is 0 Å². The van der Waals surface area contributed by atoms with Crippen molar-refractivity contribution >= 4 is 15.9 Å². The number of sulfonamides is 1. The zero-order valence-electron chi connectivity index (χ0n) is 17.9. The Labute approximate surface area is 193 Å². The number of likely N-dealkylation sites (N-methyl/N-ethyl adjacent to an activating group) is 1. The van der Waals surface area contributed by atoms with Crippen LogP contribution in [0.3, 0.4) is 0 Å². The Bertz CT molecular complexity index is 1250. The number of alkyl halides is 3. The zero-order chi connectivity index (χ0) is 24.9. The fourth-order valence-corrected chi connectivity index (χ4v) is 4.41. The van der Waals surface area contributed by atoms with Crippen LogP contribution in [0.25, 0.3) is 11.3 Å². The number of hydrogen-bond acceptors (Lipinski definition) is 5. The summed E-state index contributed by atoms with van der Waals surface area (Å²) in [5, 5.41) is 2.56. The predicted octanol–water partition coefficient (Wildman–Crippen LogP) is 3.63. The highest BCUT2D eigenvalue weighted by Crippen LogP contribution is 2.30. The summed E-state index contributed by atoms with van der Waals surface area (Å²) in [5.74, 6) is -1.18. The molecule has 1 N–H and O–H groups in total. The smallest absolute Gasteiger partial charge is 0.349 e. The lowest BCUT2D eigenvalue weighted by Gasteiger charge is -2.20. The topological polar surface area (TPSA) is 92.3 Å². The first-order valence-corrected chi connectivity index (χ1v) is 11.5. The molecule has 3 rings (SSSR count). The fourth-order valence-electron chi connectivity index (χ4n) is 3.01. The highest BCUT2D eigenvalue weighted by Gasteiger charge is 2.30. The first-order chi connectivity index (χ1) is 16.0. The molecule has 7 nitrogen and oxygen atoms in total. The van der Waals surface area contributed by atoms with E-state index < -0.39 is 40.0 Å². The molecule has 0 bridgehead atoms. The highest BCUT2D eigenvalue weighted by atomic mass is 32.2. The quantitative estimate of drug-likeness (QED) is 0.481. The minimum atomic E-state index is -4.45. The molecule has 180 valence electrons. The highest BCUT2D eigenvalue weighted by molar-refractivity contribution is 7.89. The first kappa shape index (κ1) is 25.2. The second-order valence-electron chi connectivity index (χ2n) is 7.13. The van der Waals surface area contributed by atoms with Crippen LogP contribution < -0.4 is 5.32 Å². The third-order valence-electron chi connectivity index (χ3n) is 4.82. The Kier molecular flexibility index (Phi) is 7.62. The van der Waals surface area contributed by atoms with E-state index in [2.05, 4.69) is 15.3 Å². The molecule has 0 aliphatic rings. The number of rotatable bonds is 8. The molecule has 34 heavy (non-hydrogen) atoms. The van der Waals surface area contributed by atoms with Gasteiger partial charge in [-0.2, -0.15) is 17.5 Å². The van der Waals surface area contributed by atoms with Gasteiger partial charge in [-0.15, -0.1) is 0 Å². The molecule has 12 heteroatoms. The Hall–Kier alpha value is -3.38. The lowest BCUT2D eigenvalue weighted by molar-refractivity contribution is -0.137. The predicted molar refractivity (Wildman–Crippen MR) is 115 cm³/mol. The number of nitrogens with one attached hydrogen (secondary N) is 1. The van der Waals surface area contributed by atoms with Gasteiger partial charge in [0.05, 0.1) is 34.9 Å². The van der Waals surface area contributed by atoms with Crippen molar-refractivity contribution in [3.8, 4) is 11.3 Å². The molecule has 0 saturated heterocycles. The molecule has 0 aliphatic carbocycles. The van der Waals surface area contributed by atoms with E-state index in [0.29, 0.717) is 17.0 Å². The molecule has 0 fully saturated rings. The number of hydrogen-bond donors (Lipinski definition) is 1. The van der Waals surface area contributed by atoms with E-state index in [0.717, 1.165) is 40.7 Å². The van der Waals surface area contributed by atoms with Gasteiger partial charge in [-0.25, -0.2) is 22.8 Å². The number of benzene rings is 2. The van der Waals surface area contributed by atoms with Crippen LogP contribution in [0, 0.1) is 5.82 Å². The van der Waals surface area contributed by atoms with E-state index in [9.17, 15) is 30.8 Å². The van der Waals surface area contributed by atoms with Crippen molar-refractivity contribution in [3.05, 3.63) is 78.0 Å². The molecule has 0 saturated carbocycles. The molecular formula is C22H20F4N4O3S. The van der Waals surface area contributed by atoms with Crippen molar-refractivity contribution in [2.75, 3.05) is 13.1 Å². The summed E-state index contributed by atoms with van der Waals surface area (Å²) in [7, 11) is -4.00. The van der Waals surface area contributed by atoms with E-state index >= 15 is 0 Å². The lowest BCUT2D eigenvalue weighted by atomic mass is 10.1. The summed E-state index contributed by atoms with van der Waals surface area (Å²) in [6, 6.07) is 10.2. The van der Waals surface area contributed by atoms with Crippen molar-refractivity contribution < 1.29 is 30.8 Å². The van der Waals surface area contributed by atoms with Crippen molar-refractivity contribution in [1.82, 2.24) is 19.6 Å². The minimum Gasteiger partial charge on any atom is -0.349 e. The van der Waals surface area contributed by atoms with E-state index in [4.69, 9.17) is 0 Å². The Morgan fingerprint density at radius 2 is 1.68 bits per heavy atom. The summed E-state index contributed by atoms with van der Waals surface area (Å²) in [6.07, 6.45) is -3.23. The standard InChI is InChI=1S/C22H20F4N4O3S/c1-2-30(34(32,33)19-9-7-17(23)8-10-19)13-21(31)27-12-18-11-20(29-14-28-18)15-3-5-16(6-4-15)22(24,25)26/h3-11,14H,2,12-13H2,1H3,(H,27,31). The van der Waals surface area contributed by atoms with Gasteiger partial charge in [0, 0.05) is 12.1 Å². The molecular weight excluding hydrogens is 476 g/mol. The normalized spacial score (nSPS) is 12.1. The third kappa shape index (κ3) is 6.14. The van der Waals surface area contributed by atoms with Gasteiger partial charge >= 0.3 is 6.18 Å². The van der Waals surface area contributed by atoms with Crippen LogP contribution in [0.1, 0.15) is 18.2 Å². The Balaban J connectivity index is 1.65. The van der Waals surface area contributed by atoms with Gasteiger partial charge in [0.2, 0.25) is 15.9 Å². The largest absolute Gasteiger partial charge is 0.416 e. The number of amides is 1. The maximum atomic E-state index is 13.1. The molecule has 1 heterocycles. The van der Waals surface area contributed by atoms with Crippen LogP contribution in [0.4, 0.5) is 17.6 Å². The van der Waals surface area contributed by atoms with Crippen LogP contribution in [-0.4, -0.2) is 41.7 Å². The number of aromatic nitrogens is 2. The number of carbonyl (C=O) groups is 1. The molecule has 1 aromatic heterocycles. The summed E-state index contributed by atoms with van der Waals surface area (Å²) >= 11 is 0. The molecule has 0 spiro atoms. The fraction of sp³-hybridized carbons (Fsp3) is 0.227. The number of carbonyl (C=O) groups excluding carboxylic acids is 1. The van der Waals surface area contributed by atoms with Crippen molar-refractivity contribution in [2.24, 2.45) is 0 Å². The Morgan fingerprint density at radius 1 is 1.03 bits per heavy atom. The number of halogens is 4. The second-order valence-corrected chi connectivity index (χ2v) is 9.07. The summed E-state index contributed by atoms with van der Waals surface area (Å²) < 4.78 is 77.7. The van der Waals surface area contributed by atoms with Gasteiger partial charge in [0.25, 0.3) is 0 Å². The van der Waals surface area contributed by atoms with Crippen LogP contribution in [0.5, 0.6) is 0 Å². The van der Waals surface area contributed by atoms with Crippen molar-refractivity contribution in [1.29, 1.82) is 0 Å². The maximum absolute atomic E-state index is 13.1. The van der Waals surface area contributed by atoms with E-state index in [1.54, 1.807) is 6.92 Å². The van der Waals surface area contributed by atoms with E-state index in [1.165, 1.54) is 24.5 Å². The first-order valence-electron chi connectivity index (χ1n) is 10.0. The van der Waals surface area contributed by atoms with Crippen LogP contribution in [0.15, 0.2) is 65.8 Å². The van der Waals surface area contributed by atoms with Crippen LogP contribution in [-0.2, 0) is 27.5 Å². The second kappa shape index (κ2) is 10.3. The maximum Gasteiger partial charge on any atom is 0.416 e. The summed E-state index contributed by atoms with van der Waals surface area (Å²) in [4.78, 5) is 20.3. The van der Waals surface area contributed by atoms with Gasteiger partial charge in [0.1, 0.15) is 12.1 Å². The van der Waals surface area contributed by atoms with E-state index in [-0.39, 0.29) is 18.0 Å². The monoisotopic (exact) mass is 496 g/mol. The molecule has 0 unspecified atom stereocenters. The molecule has 0 radical (unpaired) electrons. The molecule has 3 aromatic rings. The minimum absolute atomic E-state index is 0.0126. The van der Waals surface area contributed by atoms with Crippen molar-refractivity contribution in [3.63, 3.8) is 0 Å². The zero-order valence-corrected chi connectivity index (χ0v) is 18.7. The average molecular weight is 496 g/mol.